The van der Waals surface area contributed by atoms with Crippen molar-refractivity contribution in [1.82, 2.24) is 0 Å². The van der Waals surface area contributed by atoms with Crippen molar-refractivity contribution in [3.63, 3.8) is 0 Å². The van der Waals surface area contributed by atoms with Crippen LogP contribution in [0.4, 0.5) is 4.39 Å². The Bertz CT molecular complexity index is 283. The quantitative estimate of drug-likeness (QED) is 0.696. The van der Waals surface area contributed by atoms with Gasteiger partial charge >= 0.3 is 0 Å². The van der Waals surface area contributed by atoms with Gasteiger partial charge in [0, 0.05) is 0 Å². The highest BCUT2D eigenvalue weighted by Gasteiger charge is 2.06. The van der Waals surface area contributed by atoms with Gasteiger partial charge in [-0.25, -0.2) is 4.39 Å². The molecular weight excluding hydrogens is 167 g/mol. The lowest BCUT2D eigenvalue weighted by molar-refractivity contribution is 0.207. The molecule has 0 saturated heterocycles. The van der Waals surface area contributed by atoms with Crippen LogP contribution in [0.5, 0.6) is 5.75 Å². The standard InChI is InChI=1S/C11H15FO/c1-4-9(3)13-11-6-5-8(2)7-10(11)12/h5-7,9H,4H2,1-3H3. The van der Waals surface area contributed by atoms with Crippen LogP contribution in [0.2, 0.25) is 0 Å². The van der Waals surface area contributed by atoms with E-state index in [-0.39, 0.29) is 11.9 Å². The van der Waals surface area contributed by atoms with E-state index in [9.17, 15) is 4.39 Å². The number of aryl methyl sites for hydroxylation is 1. The van der Waals surface area contributed by atoms with Gasteiger partial charge in [-0.05, 0) is 38.0 Å². The average molecular weight is 182 g/mol. The van der Waals surface area contributed by atoms with Crippen LogP contribution in [-0.4, -0.2) is 6.10 Å². The van der Waals surface area contributed by atoms with Crippen LogP contribution >= 0.6 is 0 Å². The van der Waals surface area contributed by atoms with E-state index in [0.29, 0.717) is 5.75 Å². The summed E-state index contributed by atoms with van der Waals surface area (Å²) in [5.41, 5.74) is 0.911. The molecular formula is C11H15FO. The van der Waals surface area contributed by atoms with Crippen LogP contribution in [0.1, 0.15) is 25.8 Å². The number of halogens is 1. The molecule has 0 radical (unpaired) electrons. The first-order valence-electron chi connectivity index (χ1n) is 4.56. The lowest BCUT2D eigenvalue weighted by atomic mass is 10.2. The molecule has 0 aliphatic rings. The molecule has 1 rings (SSSR count). The summed E-state index contributed by atoms with van der Waals surface area (Å²) in [7, 11) is 0. The fraction of sp³-hybridized carbons (Fsp3) is 0.455. The first-order chi connectivity index (χ1) is 6.13. The zero-order valence-electron chi connectivity index (χ0n) is 8.30. The monoisotopic (exact) mass is 182 g/mol. The van der Waals surface area contributed by atoms with Crippen LogP contribution in [0.25, 0.3) is 0 Å². The molecule has 0 saturated carbocycles. The maximum Gasteiger partial charge on any atom is 0.165 e. The van der Waals surface area contributed by atoms with E-state index in [1.54, 1.807) is 6.07 Å². The minimum absolute atomic E-state index is 0.0669. The molecule has 0 heterocycles. The summed E-state index contributed by atoms with van der Waals surface area (Å²) in [6.07, 6.45) is 0.949. The number of ether oxygens (including phenoxy) is 1. The van der Waals surface area contributed by atoms with Crippen molar-refractivity contribution >= 4 is 0 Å². The normalized spacial score (nSPS) is 12.6. The molecule has 13 heavy (non-hydrogen) atoms. The van der Waals surface area contributed by atoms with Crippen LogP contribution in [0.15, 0.2) is 18.2 Å². The molecule has 0 fully saturated rings. The second kappa shape index (κ2) is 4.26. The second-order valence-corrected chi connectivity index (χ2v) is 3.27. The topological polar surface area (TPSA) is 9.23 Å². The molecule has 1 aromatic carbocycles. The van der Waals surface area contributed by atoms with Crippen molar-refractivity contribution in [3.8, 4) is 5.75 Å². The molecule has 1 unspecified atom stereocenters. The third kappa shape index (κ3) is 2.72. The fourth-order valence-electron chi connectivity index (χ4n) is 1.00. The first kappa shape index (κ1) is 10.0. The Morgan fingerprint density at radius 2 is 2.15 bits per heavy atom. The first-order valence-corrected chi connectivity index (χ1v) is 4.56. The summed E-state index contributed by atoms with van der Waals surface area (Å²) in [4.78, 5) is 0. The predicted octanol–water partition coefficient (Wildman–Crippen LogP) is 3.31. The lowest BCUT2D eigenvalue weighted by Crippen LogP contribution is -2.10. The van der Waals surface area contributed by atoms with Crippen molar-refractivity contribution in [2.75, 3.05) is 0 Å². The highest BCUT2D eigenvalue weighted by atomic mass is 19.1. The molecule has 0 spiro atoms. The zero-order valence-corrected chi connectivity index (χ0v) is 8.30. The molecule has 0 aromatic heterocycles. The summed E-state index contributed by atoms with van der Waals surface area (Å²) in [6, 6.07) is 5.01. The fourth-order valence-corrected chi connectivity index (χ4v) is 1.00. The predicted molar refractivity (Wildman–Crippen MR) is 51.5 cm³/mol. The maximum atomic E-state index is 13.2. The Kier molecular flexibility index (Phi) is 3.29. The minimum atomic E-state index is -0.277. The van der Waals surface area contributed by atoms with E-state index in [0.717, 1.165) is 12.0 Å². The van der Waals surface area contributed by atoms with Crippen LogP contribution in [0.3, 0.4) is 0 Å². The van der Waals surface area contributed by atoms with Crippen LogP contribution in [0, 0.1) is 12.7 Å². The van der Waals surface area contributed by atoms with E-state index in [1.807, 2.05) is 26.8 Å². The third-order valence-corrected chi connectivity index (χ3v) is 1.99. The number of hydrogen-bond acceptors (Lipinski definition) is 1. The SMILES string of the molecule is CCC(C)Oc1ccc(C)cc1F. The van der Waals surface area contributed by atoms with Crippen molar-refractivity contribution in [2.24, 2.45) is 0 Å². The van der Waals surface area contributed by atoms with Crippen LogP contribution in [-0.2, 0) is 0 Å². The Balaban J connectivity index is 2.77. The number of benzene rings is 1. The van der Waals surface area contributed by atoms with Gasteiger partial charge in [-0.1, -0.05) is 13.0 Å². The number of rotatable bonds is 3. The van der Waals surface area contributed by atoms with Gasteiger partial charge in [0.15, 0.2) is 11.6 Å². The van der Waals surface area contributed by atoms with Gasteiger partial charge in [-0.15, -0.1) is 0 Å². The molecule has 1 atom stereocenters. The van der Waals surface area contributed by atoms with Crippen LogP contribution < -0.4 is 4.74 Å². The number of hydrogen-bond donors (Lipinski definition) is 0. The van der Waals surface area contributed by atoms with Crippen molar-refractivity contribution < 1.29 is 9.13 Å². The molecule has 0 aliphatic heterocycles. The third-order valence-electron chi connectivity index (χ3n) is 1.99. The minimum Gasteiger partial charge on any atom is -0.488 e. The molecule has 0 amide bonds. The summed E-state index contributed by atoms with van der Waals surface area (Å²) in [5.74, 6) is 0.0697. The van der Waals surface area contributed by atoms with Crippen molar-refractivity contribution in [2.45, 2.75) is 33.3 Å². The van der Waals surface area contributed by atoms with Crippen molar-refractivity contribution in [1.29, 1.82) is 0 Å². The van der Waals surface area contributed by atoms with E-state index in [1.165, 1.54) is 6.07 Å². The Morgan fingerprint density at radius 1 is 1.46 bits per heavy atom. The average Bonchev–Trinajstić information content (AvgIpc) is 2.09. The smallest absolute Gasteiger partial charge is 0.165 e. The second-order valence-electron chi connectivity index (χ2n) is 3.27. The van der Waals surface area contributed by atoms with E-state index < -0.39 is 0 Å². The van der Waals surface area contributed by atoms with Gasteiger partial charge in [0.2, 0.25) is 0 Å². The molecule has 0 bridgehead atoms. The molecule has 0 N–H and O–H groups in total. The van der Waals surface area contributed by atoms with Gasteiger partial charge < -0.3 is 4.74 Å². The van der Waals surface area contributed by atoms with Gasteiger partial charge in [-0.2, -0.15) is 0 Å². The highest BCUT2D eigenvalue weighted by Crippen LogP contribution is 2.19. The summed E-state index contributed by atoms with van der Waals surface area (Å²) >= 11 is 0. The largest absolute Gasteiger partial charge is 0.488 e. The van der Waals surface area contributed by atoms with Gasteiger partial charge in [-0.3, -0.25) is 0 Å². The van der Waals surface area contributed by atoms with Gasteiger partial charge in [0.1, 0.15) is 0 Å². The lowest BCUT2D eigenvalue weighted by Gasteiger charge is -2.13. The molecule has 2 heteroatoms. The maximum absolute atomic E-state index is 13.2. The molecule has 1 nitrogen and oxygen atoms in total. The molecule has 1 aromatic rings. The Labute approximate surface area is 78.5 Å². The Morgan fingerprint density at radius 3 is 2.69 bits per heavy atom. The van der Waals surface area contributed by atoms with Crippen molar-refractivity contribution in [3.05, 3.63) is 29.6 Å². The van der Waals surface area contributed by atoms with E-state index in [4.69, 9.17) is 4.74 Å². The molecule has 0 aliphatic carbocycles. The van der Waals surface area contributed by atoms with E-state index in [2.05, 4.69) is 0 Å². The highest BCUT2D eigenvalue weighted by molar-refractivity contribution is 5.28. The van der Waals surface area contributed by atoms with Gasteiger partial charge in [0.25, 0.3) is 0 Å². The van der Waals surface area contributed by atoms with E-state index >= 15 is 0 Å². The Hall–Kier alpha value is -1.05. The molecule has 72 valence electrons. The summed E-state index contributed by atoms with van der Waals surface area (Å²) in [5, 5.41) is 0. The zero-order chi connectivity index (χ0) is 9.84. The van der Waals surface area contributed by atoms with Gasteiger partial charge in [0.05, 0.1) is 6.10 Å². The summed E-state index contributed by atoms with van der Waals surface area (Å²) < 4.78 is 18.6. The summed E-state index contributed by atoms with van der Waals surface area (Å²) in [6.45, 7) is 5.80.